The predicted octanol–water partition coefficient (Wildman–Crippen LogP) is 3.33. The predicted molar refractivity (Wildman–Crippen MR) is 120 cm³/mol. The molecule has 1 aromatic carbocycles. The summed E-state index contributed by atoms with van der Waals surface area (Å²) in [5, 5.41) is 8.40. The van der Waals surface area contributed by atoms with Crippen molar-refractivity contribution in [3.8, 4) is 0 Å². The molecule has 0 spiro atoms. The summed E-state index contributed by atoms with van der Waals surface area (Å²) < 4.78 is 6.89. The minimum absolute atomic E-state index is 0.0506. The molecule has 2 aromatic heterocycles. The first-order valence-electron chi connectivity index (χ1n) is 10.6. The third kappa shape index (κ3) is 5.23. The number of likely N-dealkylation sites (tertiary alicyclic amines) is 1. The van der Waals surface area contributed by atoms with Gasteiger partial charge in [-0.1, -0.05) is 23.7 Å². The Balaban J connectivity index is 1.50. The van der Waals surface area contributed by atoms with Gasteiger partial charge in [0.1, 0.15) is 6.61 Å². The summed E-state index contributed by atoms with van der Waals surface area (Å²) in [6.07, 6.45) is 3.94. The first-order chi connectivity index (χ1) is 15.0. The number of carbonyl (C=O) groups is 1. The minimum Gasteiger partial charge on any atom is -0.375 e. The molecule has 164 valence electrons. The van der Waals surface area contributed by atoms with Crippen LogP contribution < -0.4 is 5.32 Å². The first-order valence-corrected chi connectivity index (χ1v) is 11.0. The van der Waals surface area contributed by atoms with Gasteiger partial charge >= 0.3 is 0 Å². The third-order valence-electron chi connectivity index (χ3n) is 5.77. The van der Waals surface area contributed by atoms with E-state index in [0.717, 1.165) is 60.1 Å². The molecule has 0 atom stereocenters. The van der Waals surface area contributed by atoms with Crippen molar-refractivity contribution in [1.29, 1.82) is 0 Å². The monoisotopic (exact) mass is 441 g/mol. The Kier molecular flexibility index (Phi) is 6.85. The van der Waals surface area contributed by atoms with Gasteiger partial charge in [0.15, 0.2) is 5.65 Å². The Hall–Kier alpha value is -2.48. The van der Waals surface area contributed by atoms with Crippen LogP contribution >= 0.6 is 11.6 Å². The molecule has 0 saturated carbocycles. The lowest BCUT2D eigenvalue weighted by Gasteiger charge is -2.33. The van der Waals surface area contributed by atoms with Crippen molar-refractivity contribution >= 4 is 23.2 Å². The fourth-order valence-electron chi connectivity index (χ4n) is 4.26. The largest absolute Gasteiger partial charge is 0.375 e. The summed E-state index contributed by atoms with van der Waals surface area (Å²) in [7, 11) is 1.52. The normalized spacial score (nSPS) is 15.5. The topological polar surface area (TPSA) is 71.8 Å². The van der Waals surface area contributed by atoms with Crippen molar-refractivity contribution in [2.75, 3.05) is 26.8 Å². The van der Waals surface area contributed by atoms with Crippen molar-refractivity contribution in [3.63, 3.8) is 0 Å². The number of methoxy groups -OCH3 is 1. The molecule has 1 aliphatic rings. The van der Waals surface area contributed by atoms with Crippen molar-refractivity contribution < 1.29 is 9.53 Å². The molecule has 8 heteroatoms. The van der Waals surface area contributed by atoms with E-state index in [2.05, 4.69) is 27.3 Å². The zero-order valence-corrected chi connectivity index (χ0v) is 18.7. The number of aromatic nitrogens is 3. The summed E-state index contributed by atoms with van der Waals surface area (Å²) in [6.45, 7) is 5.39. The van der Waals surface area contributed by atoms with Crippen LogP contribution in [0.4, 0.5) is 0 Å². The summed E-state index contributed by atoms with van der Waals surface area (Å²) in [4.78, 5) is 19.0. The maximum atomic E-state index is 11.9. The van der Waals surface area contributed by atoms with Crippen LogP contribution in [0, 0.1) is 6.92 Å². The summed E-state index contributed by atoms with van der Waals surface area (Å²) >= 11 is 6.01. The second-order valence-electron chi connectivity index (χ2n) is 8.11. The van der Waals surface area contributed by atoms with Gasteiger partial charge in [-0.3, -0.25) is 9.69 Å². The number of carbonyl (C=O) groups excluding carboxylic acids is 1. The van der Waals surface area contributed by atoms with E-state index in [4.69, 9.17) is 21.4 Å². The molecule has 1 fully saturated rings. The number of halogens is 1. The number of benzene rings is 1. The highest BCUT2D eigenvalue weighted by Crippen LogP contribution is 2.31. The number of hydrogen-bond donors (Lipinski definition) is 1. The van der Waals surface area contributed by atoms with E-state index in [1.54, 1.807) is 0 Å². The van der Waals surface area contributed by atoms with Gasteiger partial charge in [0.05, 0.1) is 11.4 Å². The molecular formula is C23H28ClN5O2. The average molecular weight is 442 g/mol. The van der Waals surface area contributed by atoms with Crippen LogP contribution in [-0.4, -0.2) is 52.2 Å². The van der Waals surface area contributed by atoms with Crippen LogP contribution in [0.15, 0.2) is 36.5 Å². The molecule has 3 aromatic rings. The van der Waals surface area contributed by atoms with E-state index >= 15 is 0 Å². The summed E-state index contributed by atoms with van der Waals surface area (Å²) in [6, 6.07) is 10.1. The number of rotatable bonds is 7. The van der Waals surface area contributed by atoms with Gasteiger partial charge < -0.3 is 10.1 Å². The summed E-state index contributed by atoms with van der Waals surface area (Å²) in [5.41, 5.74) is 5.23. The zero-order valence-electron chi connectivity index (χ0n) is 18.0. The molecule has 0 unspecified atom stereocenters. The van der Waals surface area contributed by atoms with Crippen LogP contribution in [0.2, 0.25) is 5.02 Å². The lowest BCUT2D eigenvalue weighted by molar-refractivity contribution is -0.124. The Morgan fingerprint density at radius 1 is 1.26 bits per heavy atom. The average Bonchev–Trinajstić information content (AvgIpc) is 3.14. The van der Waals surface area contributed by atoms with Crippen LogP contribution in [0.5, 0.6) is 0 Å². The molecule has 31 heavy (non-hydrogen) atoms. The van der Waals surface area contributed by atoms with Gasteiger partial charge in [0, 0.05) is 49.0 Å². The Bertz CT molecular complexity index is 1040. The highest BCUT2D eigenvalue weighted by Gasteiger charge is 2.26. The van der Waals surface area contributed by atoms with Crippen molar-refractivity contribution in [2.45, 2.75) is 38.8 Å². The van der Waals surface area contributed by atoms with Crippen molar-refractivity contribution in [2.24, 2.45) is 0 Å². The number of aryl methyl sites for hydroxylation is 1. The van der Waals surface area contributed by atoms with Crippen molar-refractivity contribution in [3.05, 3.63) is 64.1 Å². The number of fused-ring (bicyclic) bond motifs is 1. The fourth-order valence-corrected chi connectivity index (χ4v) is 4.39. The lowest BCUT2D eigenvalue weighted by Crippen LogP contribution is -2.34. The Morgan fingerprint density at radius 2 is 2.00 bits per heavy atom. The van der Waals surface area contributed by atoms with E-state index in [9.17, 15) is 4.79 Å². The number of piperidine rings is 1. The van der Waals surface area contributed by atoms with Gasteiger partial charge in [-0.25, -0.2) is 9.50 Å². The van der Waals surface area contributed by atoms with Crippen LogP contribution in [-0.2, 0) is 22.6 Å². The maximum Gasteiger partial charge on any atom is 0.246 e. The van der Waals surface area contributed by atoms with E-state index in [-0.39, 0.29) is 12.5 Å². The molecule has 0 radical (unpaired) electrons. The molecule has 1 N–H and O–H groups in total. The smallest absolute Gasteiger partial charge is 0.246 e. The Labute approximate surface area is 187 Å². The first kappa shape index (κ1) is 21.7. The highest BCUT2D eigenvalue weighted by atomic mass is 35.5. The van der Waals surface area contributed by atoms with E-state index in [0.29, 0.717) is 12.5 Å². The van der Waals surface area contributed by atoms with Gasteiger partial charge in [-0.15, -0.1) is 0 Å². The van der Waals surface area contributed by atoms with E-state index in [1.165, 1.54) is 12.7 Å². The third-order valence-corrected chi connectivity index (χ3v) is 6.02. The number of nitrogens with one attached hydrogen (secondary N) is 1. The van der Waals surface area contributed by atoms with Crippen molar-refractivity contribution in [1.82, 2.24) is 24.8 Å². The van der Waals surface area contributed by atoms with E-state index in [1.807, 2.05) is 35.8 Å². The van der Waals surface area contributed by atoms with Gasteiger partial charge in [-0.05, 0) is 50.6 Å². The maximum absolute atomic E-state index is 11.9. The fraction of sp³-hybridized carbons (Fsp3) is 0.435. The van der Waals surface area contributed by atoms with Crippen LogP contribution in [0.25, 0.3) is 5.65 Å². The second kappa shape index (κ2) is 9.77. The molecule has 1 saturated heterocycles. The van der Waals surface area contributed by atoms with Gasteiger partial charge in [0.25, 0.3) is 0 Å². The molecule has 1 aliphatic heterocycles. The second-order valence-corrected chi connectivity index (χ2v) is 8.55. The molecular weight excluding hydrogens is 414 g/mol. The quantitative estimate of drug-likeness (QED) is 0.608. The van der Waals surface area contributed by atoms with E-state index < -0.39 is 0 Å². The van der Waals surface area contributed by atoms with Crippen LogP contribution in [0.3, 0.4) is 0 Å². The van der Waals surface area contributed by atoms with Gasteiger partial charge in [0.2, 0.25) is 5.91 Å². The minimum atomic E-state index is -0.136. The molecule has 7 nitrogen and oxygen atoms in total. The molecule has 0 bridgehead atoms. The lowest BCUT2D eigenvalue weighted by atomic mass is 9.90. The Morgan fingerprint density at radius 3 is 2.71 bits per heavy atom. The molecule has 4 rings (SSSR count). The molecule has 3 heterocycles. The summed E-state index contributed by atoms with van der Waals surface area (Å²) in [5.74, 6) is 0.226. The SMILES string of the molecule is COCC(=O)NCc1cnc2cc(C)nn2c1C1CCN(Cc2ccc(Cl)cc2)CC1. The molecule has 1 amide bonds. The number of hydrogen-bond acceptors (Lipinski definition) is 5. The standard InChI is InChI=1S/C23H28ClN5O2/c1-16-11-21-25-12-19(13-26-22(30)15-31-2)23(29(21)27-16)18-7-9-28(10-8-18)14-17-3-5-20(24)6-4-17/h3-6,11-12,18H,7-10,13-15H2,1-2H3,(H,26,30). The highest BCUT2D eigenvalue weighted by molar-refractivity contribution is 6.30. The number of ether oxygens (including phenoxy) is 1. The van der Waals surface area contributed by atoms with Crippen LogP contribution in [0.1, 0.15) is 41.3 Å². The van der Waals surface area contributed by atoms with Gasteiger partial charge in [-0.2, -0.15) is 5.10 Å². The number of amides is 1. The number of nitrogens with zero attached hydrogens (tertiary/aromatic N) is 4. The molecule has 0 aliphatic carbocycles. The zero-order chi connectivity index (χ0) is 21.8.